The number of para-hydroxylation sites is 2. The number of allylic oxidation sites excluding steroid dienone is 2. The molecule has 2 aliphatic rings. The van der Waals surface area contributed by atoms with Crippen molar-refractivity contribution in [1.82, 2.24) is 0 Å². The largest absolute Gasteiger partial charge is 0.493 e. The fourth-order valence-corrected chi connectivity index (χ4v) is 4.31. The Morgan fingerprint density at radius 1 is 1.00 bits per heavy atom. The van der Waals surface area contributed by atoms with E-state index in [9.17, 15) is 14.4 Å². The van der Waals surface area contributed by atoms with Crippen molar-refractivity contribution in [2.45, 2.75) is 19.8 Å². The molecular weight excluding hydrogens is 396 g/mol. The Bertz CT molecular complexity index is 1090. The Balaban J connectivity index is 1.67. The summed E-state index contributed by atoms with van der Waals surface area (Å²) >= 11 is 0. The molecular formula is C24H24N2O5. The monoisotopic (exact) mass is 420 g/mol. The first kappa shape index (κ1) is 20.7. The van der Waals surface area contributed by atoms with Gasteiger partial charge in [-0.25, -0.2) is 4.90 Å². The Labute approximate surface area is 180 Å². The SMILES string of the molecule is COc1cccc(NC(=O)c2ccccc2N2C(=O)[C@@H]3CC=C(C)C[C@H]3C2=O)c1OC. The molecule has 1 fully saturated rings. The summed E-state index contributed by atoms with van der Waals surface area (Å²) in [5, 5.41) is 2.81. The van der Waals surface area contributed by atoms with Crippen LogP contribution in [0.4, 0.5) is 11.4 Å². The molecule has 1 aliphatic heterocycles. The van der Waals surface area contributed by atoms with E-state index in [1.807, 2.05) is 13.0 Å². The van der Waals surface area contributed by atoms with Crippen LogP contribution >= 0.6 is 0 Å². The minimum Gasteiger partial charge on any atom is -0.493 e. The zero-order valence-electron chi connectivity index (χ0n) is 17.7. The average molecular weight is 420 g/mol. The molecule has 7 heteroatoms. The maximum Gasteiger partial charge on any atom is 0.257 e. The topological polar surface area (TPSA) is 84.9 Å². The van der Waals surface area contributed by atoms with Gasteiger partial charge in [0, 0.05) is 0 Å². The second-order valence-corrected chi connectivity index (χ2v) is 7.73. The number of anilines is 2. The van der Waals surface area contributed by atoms with Crippen molar-refractivity contribution in [2.75, 3.05) is 24.4 Å². The number of imide groups is 1. The third-order valence-electron chi connectivity index (χ3n) is 5.86. The van der Waals surface area contributed by atoms with E-state index in [4.69, 9.17) is 9.47 Å². The number of benzene rings is 2. The lowest BCUT2D eigenvalue weighted by Crippen LogP contribution is -2.33. The maximum atomic E-state index is 13.2. The first-order valence-corrected chi connectivity index (χ1v) is 10.1. The van der Waals surface area contributed by atoms with Gasteiger partial charge in [-0.2, -0.15) is 0 Å². The van der Waals surface area contributed by atoms with E-state index in [0.29, 0.717) is 35.7 Å². The van der Waals surface area contributed by atoms with Crippen LogP contribution in [0.3, 0.4) is 0 Å². The zero-order chi connectivity index (χ0) is 22.1. The van der Waals surface area contributed by atoms with Gasteiger partial charge in [-0.05, 0) is 44.0 Å². The highest BCUT2D eigenvalue weighted by molar-refractivity contribution is 6.25. The molecule has 2 atom stereocenters. The van der Waals surface area contributed by atoms with E-state index in [1.54, 1.807) is 42.5 Å². The molecule has 0 saturated carbocycles. The van der Waals surface area contributed by atoms with Crippen molar-refractivity contribution in [3.63, 3.8) is 0 Å². The van der Waals surface area contributed by atoms with E-state index in [1.165, 1.54) is 19.1 Å². The fraction of sp³-hybridized carbons (Fsp3) is 0.292. The highest BCUT2D eigenvalue weighted by Gasteiger charge is 2.49. The van der Waals surface area contributed by atoms with E-state index in [2.05, 4.69) is 5.32 Å². The minimum absolute atomic E-state index is 0.234. The van der Waals surface area contributed by atoms with Crippen LogP contribution in [-0.4, -0.2) is 31.9 Å². The third kappa shape index (κ3) is 3.56. The smallest absolute Gasteiger partial charge is 0.257 e. The van der Waals surface area contributed by atoms with Gasteiger partial charge in [0.2, 0.25) is 11.8 Å². The molecule has 0 radical (unpaired) electrons. The standard InChI is InChI=1S/C24H24N2O5/c1-14-11-12-15-17(13-14)24(29)26(23(15)28)19-9-5-4-7-16(19)22(27)25-18-8-6-10-20(30-2)21(18)31-3/h4-11,15,17H,12-13H2,1-3H3,(H,25,27)/t15-,17-/m1/s1. The van der Waals surface area contributed by atoms with Crippen molar-refractivity contribution < 1.29 is 23.9 Å². The van der Waals surface area contributed by atoms with Gasteiger partial charge in [-0.3, -0.25) is 14.4 Å². The van der Waals surface area contributed by atoms with Crippen LogP contribution < -0.4 is 19.7 Å². The summed E-state index contributed by atoms with van der Waals surface area (Å²) in [6.45, 7) is 1.97. The summed E-state index contributed by atoms with van der Waals surface area (Å²) in [5.41, 5.74) is 2.07. The van der Waals surface area contributed by atoms with Gasteiger partial charge in [0.25, 0.3) is 5.91 Å². The second-order valence-electron chi connectivity index (χ2n) is 7.73. The number of fused-ring (bicyclic) bond motifs is 1. The summed E-state index contributed by atoms with van der Waals surface area (Å²) in [6, 6.07) is 11.8. The molecule has 160 valence electrons. The normalized spacial score (nSPS) is 20.2. The van der Waals surface area contributed by atoms with Crippen molar-refractivity contribution in [1.29, 1.82) is 0 Å². The summed E-state index contributed by atoms with van der Waals surface area (Å²) < 4.78 is 10.7. The Morgan fingerprint density at radius 3 is 2.48 bits per heavy atom. The van der Waals surface area contributed by atoms with Crippen LogP contribution in [0, 0.1) is 11.8 Å². The van der Waals surface area contributed by atoms with Gasteiger partial charge in [-0.15, -0.1) is 0 Å². The van der Waals surface area contributed by atoms with E-state index < -0.39 is 5.91 Å². The number of ether oxygens (including phenoxy) is 2. The zero-order valence-corrected chi connectivity index (χ0v) is 17.7. The van der Waals surface area contributed by atoms with Crippen LogP contribution in [0.1, 0.15) is 30.1 Å². The maximum absolute atomic E-state index is 13.2. The predicted molar refractivity (Wildman–Crippen MR) is 116 cm³/mol. The van der Waals surface area contributed by atoms with Crippen LogP contribution in [-0.2, 0) is 9.59 Å². The van der Waals surface area contributed by atoms with Crippen LogP contribution in [0.15, 0.2) is 54.1 Å². The fourth-order valence-electron chi connectivity index (χ4n) is 4.31. The molecule has 1 saturated heterocycles. The van der Waals surface area contributed by atoms with Crippen molar-refractivity contribution in [2.24, 2.45) is 11.8 Å². The van der Waals surface area contributed by atoms with E-state index >= 15 is 0 Å². The average Bonchev–Trinajstić information content (AvgIpc) is 3.02. The number of hydrogen-bond acceptors (Lipinski definition) is 5. The van der Waals surface area contributed by atoms with Gasteiger partial charge >= 0.3 is 0 Å². The van der Waals surface area contributed by atoms with Gasteiger partial charge in [0.15, 0.2) is 11.5 Å². The minimum atomic E-state index is -0.452. The molecule has 0 spiro atoms. The molecule has 1 aliphatic carbocycles. The Hall–Kier alpha value is -3.61. The summed E-state index contributed by atoms with van der Waals surface area (Å²) in [4.78, 5) is 40.6. The number of methoxy groups -OCH3 is 2. The molecule has 7 nitrogen and oxygen atoms in total. The molecule has 0 bridgehead atoms. The quantitative estimate of drug-likeness (QED) is 0.587. The van der Waals surface area contributed by atoms with E-state index in [-0.39, 0.29) is 29.2 Å². The van der Waals surface area contributed by atoms with Gasteiger partial charge in [0.1, 0.15) is 0 Å². The number of nitrogens with one attached hydrogen (secondary N) is 1. The lowest BCUT2D eigenvalue weighted by molar-refractivity contribution is -0.122. The number of nitrogens with zero attached hydrogens (tertiary/aromatic N) is 1. The summed E-state index contributed by atoms with van der Waals surface area (Å²) in [7, 11) is 3.00. The first-order chi connectivity index (χ1) is 15.0. The molecule has 1 N–H and O–H groups in total. The molecule has 4 rings (SSSR count). The predicted octanol–water partition coefficient (Wildman–Crippen LogP) is 3.80. The number of carbonyl (C=O) groups excluding carboxylic acids is 3. The molecule has 0 aromatic heterocycles. The second kappa shape index (κ2) is 8.26. The lowest BCUT2D eigenvalue weighted by atomic mass is 9.82. The highest BCUT2D eigenvalue weighted by Crippen LogP contribution is 2.41. The molecule has 31 heavy (non-hydrogen) atoms. The van der Waals surface area contributed by atoms with Crippen molar-refractivity contribution >= 4 is 29.1 Å². The van der Waals surface area contributed by atoms with Crippen LogP contribution in [0.5, 0.6) is 11.5 Å². The summed E-state index contributed by atoms with van der Waals surface area (Å²) in [6.07, 6.45) is 3.14. The lowest BCUT2D eigenvalue weighted by Gasteiger charge is -2.19. The van der Waals surface area contributed by atoms with Gasteiger partial charge < -0.3 is 14.8 Å². The Kier molecular flexibility index (Phi) is 5.50. The molecule has 2 aromatic rings. The third-order valence-corrected chi connectivity index (χ3v) is 5.86. The molecule has 0 unspecified atom stereocenters. The van der Waals surface area contributed by atoms with Crippen LogP contribution in [0.25, 0.3) is 0 Å². The van der Waals surface area contributed by atoms with Crippen molar-refractivity contribution in [3.8, 4) is 11.5 Å². The number of amides is 3. The van der Waals surface area contributed by atoms with Gasteiger partial charge in [0.05, 0.1) is 43.0 Å². The van der Waals surface area contributed by atoms with Crippen molar-refractivity contribution in [3.05, 3.63) is 59.7 Å². The van der Waals surface area contributed by atoms with Gasteiger partial charge in [-0.1, -0.05) is 29.8 Å². The van der Waals surface area contributed by atoms with Crippen LogP contribution in [0.2, 0.25) is 0 Å². The molecule has 3 amide bonds. The Morgan fingerprint density at radius 2 is 1.74 bits per heavy atom. The highest BCUT2D eigenvalue weighted by atomic mass is 16.5. The molecule has 2 aromatic carbocycles. The number of carbonyl (C=O) groups is 3. The number of rotatable bonds is 5. The van der Waals surface area contributed by atoms with E-state index in [0.717, 1.165) is 5.57 Å². The molecule has 1 heterocycles. The number of hydrogen-bond donors (Lipinski definition) is 1. The first-order valence-electron chi connectivity index (χ1n) is 10.1. The summed E-state index contributed by atoms with van der Waals surface area (Å²) in [5.74, 6) is -0.827.